The first kappa shape index (κ1) is 17.3. The number of anilines is 1. The van der Waals surface area contributed by atoms with Gasteiger partial charge in [0.25, 0.3) is 11.8 Å². The Morgan fingerprint density at radius 3 is 2.93 bits per heavy atom. The average molecular weight is 383 g/mol. The number of carbonyl (C=O) groups is 2. The molecule has 0 bridgehead atoms. The molecule has 0 spiro atoms. The van der Waals surface area contributed by atoms with Crippen LogP contribution in [0.1, 0.15) is 49.6 Å². The molecule has 1 unspecified atom stereocenters. The normalized spacial score (nSPS) is 16.5. The van der Waals surface area contributed by atoms with E-state index in [9.17, 15) is 9.59 Å². The fourth-order valence-electron chi connectivity index (χ4n) is 3.15. The van der Waals surface area contributed by atoms with Crippen LogP contribution in [0.3, 0.4) is 0 Å². The van der Waals surface area contributed by atoms with E-state index in [-0.39, 0.29) is 23.6 Å². The van der Waals surface area contributed by atoms with Gasteiger partial charge >= 0.3 is 0 Å². The summed E-state index contributed by atoms with van der Waals surface area (Å²) in [6.07, 6.45) is 4.99. The minimum absolute atomic E-state index is 0.0708. The minimum Gasteiger partial charge on any atom is -0.329 e. The van der Waals surface area contributed by atoms with E-state index in [1.54, 1.807) is 42.4 Å². The van der Waals surface area contributed by atoms with E-state index in [1.807, 2.05) is 6.07 Å². The molecule has 1 saturated heterocycles. The van der Waals surface area contributed by atoms with Gasteiger partial charge in [-0.15, -0.1) is 11.3 Å². The van der Waals surface area contributed by atoms with Crippen molar-refractivity contribution in [2.24, 2.45) is 0 Å². The number of carbonyl (C=O) groups excluding carboxylic acids is 2. The molecule has 4 rings (SSSR count). The summed E-state index contributed by atoms with van der Waals surface area (Å²) in [5.74, 6) is -0.377. The van der Waals surface area contributed by atoms with Gasteiger partial charge in [-0.1, -0.05) is 5.16 Å². The molecule has 0 aromatic carbocycles. The highest BCUT2D eigenvalue weighted by molar-refractivity contribution is 7.14. The molecular formula is C18H17N5O3S. The van der Waals surface area contributed by atoms with Crippen molar-refractivity contribution in [1.29, 1.82) is 0 Å². The molecule has 0 saturated carbocycles. The number of nitrogens with zero attached hydrogens (tertiary/aromatic N) is 4. The van der Waals surface area contributed by atoms with Crippen molar-refractivity contribution in [3.63, 3.8) is 0 Å². The van der Waals surface area contributed by atoms with Crippen LogP contribution in [0, 0.1) is 6.92 Å². The molecule has 3 aromatic rings. The zero-order valence-corrected chi connectivity index (χ0v) is 15.4. The van der Waals surface area contributed by atoms with Gasteiger partial charge in [0.2, 0.25) is 0 Å². The molecule has 27 heavy (non-hydrogen) atoms. The number of rotatable bonds is 4. The number of hydrogen-bond donors (Lipinski definition) is 1. The highest BCUT2D eigenvalue weighted by Crippen LogP contribution is 2.37. The Morgan fingerprint density at radius 1 is 1.30 bits per heavy atom. The topological polar surface area (TPSA) is 101 Å². The highest BCUT2D eigenvalue weighted by atomic mass is 32.1. The molecule has 9 heteroatoms. The molecular weight excluding hydrogens is 366 g/mol. The summed E-state index contributed by atoms with van der Waals surface area (Å²) in [7, 11) is 0. The Labute approximate surface area is 159 Å². The maximum absolute atomic E-state index is 12.8. The van der Waals surface area contributed by atoms with E-state index in [0.29, 0.717) is 22.8 Å². The second-order valence-corrected chi connectivity index (χ2v) is 7.37. The molecule has 3 aromatic heterocycles. The predicted octanol–water partition coefficient (Wildman–Crippen LogP) is 3.06. The first-order valence-electron chi connectivity index (χ1n) is 8.54. The summed E-state index contributed by atoms with van der Waals surface area (Å²) in [5.41, 5.74) is 1.37. The van der Waals surface area contributed by atoms with Gasteiger partial charge < -0.3 is 10.2 Å². The Balaban J connectivity index is 1.51. The van der Waals surface area contributed by atoms with Crippen LogP contribution < -0.4 is 5.32 Å². The maximum Gasteiger partial charge on any atom is 0.278 e. The second kappa shape index (κ2) is 7.28. The predicted molar refractivity (Wildman–Crippen MR) is 98.6 cm³/mol. The van der Waals surface area contributed by atoms with Crippen LogP contribution in [0.25, 0.3) is 0 Å². The molecule has 0 radical (unpaired) electrons. The molecule has 4 heterocycles. The van der Waals surface area contributed by atoms with Crippen molar-refractivity contribution < 1.29 is 14.2 Å². The standard InChI is InChI=1S/C18H17N5O3S/c1-11-16(22-26-21-11)18(25)23-9-3-5-13(23)14-6-7-15(27-14)17(24)20-12-4-2-8-19-10-12/h2,4,6-8,10,13H,3,5,9H2,1H3,(H,20,24). The van der Waals surface area contributed by atoms with E-state index in [0.717, 1.165) is 17.7 Å². The van der Waals surface area contributed by atoms with E-state index in [1.165, 1.54) is 11.3 Å². The maximum atomic E-state index is 12.8. The molecule has 1 fully saturated rings. The SMILES string of the molecule is Cc1nonc1C(=O)N1CCCC1c1ccc(C(=O)Nc2cccnc2)s1. The van der Waals surface area contributed by atoms with Crippen molar-refractivity contribution in [2.75, 3.05) is 11.9 Å². The molecule has 2 amide bonds. The van der Waals surface area contributed by atoms with E-state index < -0.39 is 0 Å². The smallest absolute Gasteiger partial charge is 0.278 e. The monoisotopic (exact) mass is 383 g/mol. The number of likely N-dealkylation sites (tertiary alicyclic amines) is 1. The lowest BCUT2D eigenvalue weighted by Gasteiger charge is -2.22. The molecule has 1 aliphatic rings. The molecule has 1 atom stereocenters. The number of aromatic nitrogens is 3. The highest BCUT2D eigenvalue weighted by Gasteiger charge is 2.34. The zero-order chi connectivity index (χ0) is 18.8. The van der Waals surface area contributed by atoms with Crippen LogP contribution in [-0.2, 0) is 0 Å². The summed E-state index contributed by atoms with van der Waals surface area (Å²) in [6.45, 7) is 2.34. The van der Waals surface area contributed by atoms with Gasteiger partial charge in [0.1, 0.15) is 5.69 Å². The number of hydrogen-bond acceptors (Lipinski definition) is 7. The van der Waals surface area contributed by atoms with Crippen LogP contribution >= 0.6 is 11.3 Å². The van der Waals surface area contributed by atoms with Crippen LogP contribution in [0.5, 0.6) is 0 Å². The third-order valence-electron chi connectivity index (χ3n) is 4.47. The van der Waals surface area contributed by atoms with Crippen molar-refractivity contribution in [3.8, 4) is 0 Å². The van der Waals surface area contributed by atoms with Crippen molar-refractivity contribution in [3.05, 3.63) is 57.8 Å². The summed E-state index contributed by atoms with van der Waals surface area (Å²) < 4.78 is 4.66. The first-order valence-corrected chi connectivity index (χ1v) is 9.36. The first-order chi connectivity index (χ1) is 13.1. The third-order valence-corrected chi connectivity index (χ3v) is 5.65. The van der Waals surface area contributed by atoms with Gasteiger partial charge in [-0.3, -0.25) is 14.6 Å². The van der Waals surface area contributed by atoms with Gasteiger partial charge in [0.15, 0.2) is 5.69 Å². The molecule has 1 N–H and O–H groups in total. The Hall–Kier alpha value is -3.07. The van der Waals surface area contributed by atoms with Crippen molar-refractivity contribution >= 4 is 28.8 Å². The lowest BCUT2D eigenvalue weighted by atomic mass is 10.1. The quantitative estimate of drug-likeness (QED) is 0.743. The lowest BCUT2D eigenvalue weighted by molar-refractivity contribution is 0.0726. The van der Waals surface area contributed by atoms with Crippen molar-refractivity contribution in [2.45, 2.75) is 25.8 Å². The number of aryl methyl sites for hydroxylation is 1. The fraction of sp³-hybridized carbons (Fsp3) is 0.278. The van der Waals surface area contributed by atoms with E-state index in [4.69, 9.17) is 0 Å². The summed E-state index contributed by atoms with van der Waals surface area (Å²) in [4.78, 5) is 32.6. The summed E-state index contributed by atoms with van der Waals surface area (Å²) in [5, 5.41) is 10.2. The van der Waals surface area contributed by atoms with Gasteiger partial charge in [0.05, 0.1) is 22.8 Å². The molecule has 1 aliphatic heterocycles. The van der Waals surface area contributed by atoms with Gasteiger partial charge in [-0.2, -0.15) is 0 Å². The number of pyridine rings is 1. The summed E-state index contributed by atoms with van der Waals surface area (Å²) >= 11 is 1.39. The molecule has 8 nitrogen and oxygen atoms in total. The van der Waals surface area contributed by atoms with Crippen LogP contribution in [0.2, 0.25) is 0 Å². The number of thiophene rings is 1. The van der Waals surface area contributed by atoms with Crippen LogP contribution in [-0.4, -0.2) is 38.6 Å². The third kappa shape index (κ3) is 3.45. The van der Waals surface area contributed by atoms with Crippen molar-refractivity contribution in [1.82, 2.24) is 20.2 Å². The number of amides is 2. The van der Waals surface area contributed by atoms with E-state index >= 15 is 0 Å². The fourth-order valence-corrected chi connectivity index (χ4v) is 4.20. The van der Waals surface area contributed by atoms with Gasteiger partial charge in [-0.05, 0) is 49.2 Å². The Bertz CT molecular complexity index is 968. The minimum atomic E-state index is -0.189. The Morgan fingerprint density at radius 2 is 2.19 bits per heavy atom. The Kier molecular flexibility index (Phi) is 4.68. The number of nitrogens with one attached hydrogen (secondary N) is 1. The molecule has 138 valence electrons. The molecule has 0 aliphatic carbocycles. The zero-order valence-electron chi connectivity index (χ0n) is 14.6. The van der Waals surface area contributed by atoms with Gasteiger partial charge in [0, 0.05) is 17.6 Å². The van der Waals surface area contributed by atoms with Crippen LogP contribution in [0.15, 0.2) is 41.3 Å². The van der Waals surface area contributed by atoms with E-state index in [2.05, 4.69) is 25.2 Å². The van der Waals surface area contributed by atoms with Crippen LogP contribution in [0.4, 0.5) is 5.69 Å². The largest absolute Gasteiger partial charge is 0.329 e. The lowest BCUT2D eigenvalue weighted by Crippen LogP contribution is -2.30. The second-order valence-electron chi connectivity index (χ2n) is 6.25. The average Bonchev–Trinajstić information content (AvgIpc) is 3.42. The summed E-state index contributed by atoms with van der Waals surface area (Å²) in [6, 6.07) is 7.17. The van der Waals surface area contributed by atoms with Gasteiger partial charge in [-0.25, -0.2) is 4.63 Å².